The van der Waals surface area contributed by atoms with E-state index in [1.165, 1.54) is 64.2 Å². The van der Waals surface area contributed by atoms with Crippen LogP contribution in [0.25, 0.3) is 0 Å². The molecule has 0 radical (unpaired) electrons. The van der Waals surface area contributed by atoms with Gasteiger partial charge in [-0.15, -0.1) is 11.6 Å². The number of rotatable bonds is 11. The van der Waals surface area contributed by atoms with Crippen molar-refractivity contribution in [2.45, 2.75) is 89.2 Å². The molecule has 0 rings (SSSR count). The van der Waals surface area contributed by atoms with Gasteiger partial charge < -0.3 is 0 Å². The summed E-state index contributed by atoms with van der Waals surface area (Å²) >= 11 is 6.27. The molecule has 0 nitrogen and oxygen atoms in total. The van der Waals surface area contributed by atoms with Crippen molar-refractivity contribution in [3.05, 3.63) is 0 Å². The predicted octanol–water partition coefficient (Wildman–Crippen LogP) is 5.54. The third kappa shape index (κ3) is 11.0. The fourth-order valence-corrected chi connectivity index (χ4v) is 3.04. The maximum atomic E-state index is 6.27. The first kappa shape index (κ1) is 16.5. The standard InChI is InChI=1S/C14H31ClSi/c1-4-5-6-7-8-9-10-11-12-13-14(15)16(2)3/h14,16H,4-13H2,1-3H3. The molecule has 0 amide bonds. The lowest BCUT2D eigenvalue weighted by molar-refractivity contribution is 0.560. The van der Waals surface area contributed by atoms with Gasteiger partial charge in [-0.1, -0.05) is 77.8 Å². The Morgan fingerprint density at radius 3 is 1.69 bits per heavy atom. The minimum Gasteiger partial charge on any atom is -0.127 e. The molecule has 2 heteroatoms. The Morgan fingerprint density at radius 2 is 1.25 bits per heavy atom. The van der Waals surface area contributed by atoms with Gasteiger partial charge in [-0.05, 0) is 6.42 Å². The summed E-state index contributed by atoms with van der Waals surface area (Å²) in [5, 5.41) is 0.532. The Morgan fingerprint density at radius 1 is 0.812 bits per heavy atom. The van der Waals surface area contributed by atoms with Crippen molar-refractivity contribution in [1.82, 2.24) is 0 Å². The Balaban J connectivity index is 3.04. The summed E-state index contributed by atoms with van der Waals surface area (Å²) in [6, 6.07) is 0. The molecular weight excluding hydrogens is 232 g/mol. The number of halogens is 1. The molecule has 0 aromatic carbocycles. The van der Waals surface area contributed by atoms with Crippen LogP contribution in [0.5, 0.6) is 0 Å². The molecule has 0 aliphatic rings. The third-order valence-electron chi connectivity index (χ3n) is 3.31. The number of unbranched alkanes of at least 4 members (excludes halogenated alkanes) is 8. The van der Waals surface area contributed by atoms with Crippen LogP contribution in [0.3, 0.4) is 0 Å². The van der Waals surface area contributed by atoms with Gasteiger partial charge in [-0.2, -0.15) is 0 Å². The minimum atomic E-state index is -0.577. The van der Waals surface area contributed by atoms with Gasteiger partial charge in [0.05, 0.1) is 8.80 Å². The van der Waals surface area contributed by atoms with E-state index >= 15 is 0 Å². The highest BCUT2D eigenvalue weighted by molar-refractivity contribution is 6.67. The fraction of sp³-hybridized carbons (Fsp3) is 1.00. The van der Waals surface area contributed by atoms with E-state index in [2.05, 4.69) is 20.0 Å². The zero-order valence-electron chi connectivity index (χ0n) is 11.6. The molecule has 0 saturated carbocycles. The van der Waals surface area contributed by atoms with Crippen LogP contribution in [0.15, 0.2) is 0 Å². The van der Waals surface area contributed by atoms with E-state index in [1.54, 1.807) is 0 Å². The van der Waals surface area contributed by atoms with E-state index in [1.807, 2.05) is 0 Å². The van der Waals surface area contributed by atoms with Crippen LogP contribution in [-0.4, -0.2) is 13.8 Å². The van der Waals surface area contributed by atoms with Crippen molar-refractivity contribution in [2.24, 2.45) is 0 Å². The molecule has 0 fully saturated rings. The Bertz CT molecular complexity index is 137. The van der Waals surface area contributed by atoms with Crippen molar-refractivity contribution >= 4 is 20.4 Å². The minimum absolute atomic E-state index is 0.532. The first-order valence-electron chi connectivity index (χ1n) is 7.32. The molecule has 0 bridgehead atoms. The van der Waals surface area contributed by atoms with Crippen LogP contribution in [0.2, 0.25) is 13.1 Å². The zero-order valence-corrected chi connectivity index (χ0v) is 13.5. The molecule has 0 heterocycles. The van der Waals surface area contributed by atoms with Crippen molar-refractivity contribution in [2.75, 3.05) is 0 Å². The van der Waals surface area contributed by atoms with Gasteiger partial charge in [0, 0.05) is 5.00 Å². The SMILES string of the molecule is CCCCCCCCCCCC(Cl)[SiH](C)C. The quantitative estimate of drug-likeness (QED) is 0.261. The van der Waals surface area contributed by atoms with E-state index in [-0.39, 0.29) is 0 Å². The molecule has 16 heavy (non-hydrogen) atoms. The molecular formula is C14H31ClSi. The Labute approximate surface area is 110 Å². The Kier molecular flexibility index (Phi) is 12.4. The van der Waals surface area contributed by atoms with E-state index < -0.39 is 8.80 Å². The molecule has 0 aromatic rings. The topological polar surface area (TPSA) is 0 Å². The molecule has 0 aliphatic heterocycles. The predicted molar refractivity (Wildman–Crippen MR) is 80.4 cm³/mol. The molecule has 0 aromatic heterocycles. The second-order valence-corrected chi connectivity index (χ2v) is 9.65. The smallest absolute Gasteiger partial charge is 0.0518 e. The molecule has 0 aliphatic carbocycles. The van der Waals surface area contributed by atoms with E-state index in [0.29, 0.717) is 5.00 Å². The van der Waals surface area contributed by atoms with Gasteiger partial charge in [0.2, 0.25) is 0 Å². The van der Waals surface area contributed by atoms with Crippen molar-refractivity contribution < 1.29 is 0 Å². The second-order valence-electron chi connectivity index (χ2n) is 5.38. The lowest BCUT2D eigenvalue weighted by atomic mass is 10.1. The molecule has 1 atom stereocenters. The van der Waals surface area contributed by atoms with Crippen LogP contribution in [-0.2, 0) is 0 Å². The van der Waals surface area contributed by atoms with E-state index in [0.717, 1.165) is 0 Å². The first-order chi connectivity index (χ1) is 7.68. The van der Waals surface area contributed by atoms with E-state index in [4.69, 9.17) is 11.6 Å². The van der Waals surface area contributed by atoms with Crippen molar-refractivity contribution in [3.63, 3.8) is 0 Å². The van der Waals surface area contributed by atoms with Gasteiger partial charge in [-0.3, -0.25) is 0 Å². The summed E-state index contributed by atoms with van der Waals surface area (Å²) in [6.45, 7) is 6.98. The average molecular weight is 263 g/mol. The van der Waals surface area contributed by atoms with Crippen LogP contribution in [0.4, 0.5) is 0 Å². The number of hydrogen-bond acceptors (Lipinski definition) is 0. The molecule has 98 valence electrons. The summed E-state index contributed by atoms with van der Waals surface area (Å²) in [7, 11) is -0.577. The molecule has 0 spiro atoms. The van der Waals surface area contributed by atoms with Crippen LogP contribution < -0.4 is 0 Å². The van der Waals surface area contributed by atoms with Crippen LogP contribution in [0, 0.1) is 0 Å². The fourth-order valence-electron chi connectivity index (χ4n) is 1.98. The van der Waals surface area contributed by atoms with Crippen molar-refractivity contribution in [3.8, 4) is 0 Å². The van der Waals surface area contributed by atoms with Crippen LogP contribution >= 0.6 is 11.6 Å². The number of alkyl halides is 1. The monoisotopic (exact) mass is 262 g/mol. The summed E-state index contributed by atoms with van der Waals surface area (Å²) < 4.78 is 0. The molecule has 0 saturated heterocycles. The lowest BCUT2D eigenvalue weighted by Crippen LogP contribution is -2.17. The largest absolute Gasteiger partial charge is 0.127 e. The second kappa shape index (κ2) is 12.0. The highest BCUT2D eigenvalue weighted by Crippen LogP contribution is 2.14. The van der Waals surface area contributed by atoms with E-state index in [9.17, 15) is 0 Å². The third-order valence-corrected chi connectivity index (χ3v) is 6.82. The number of hydrogen-bond donors (Lipinski definition) is 0. The van der Waals surface area contributed by atoms with Gasteiger partial charge in [0.15, 0.2) is 0 Å². The maximum absolute atomic E-state index is 6.27. The summed E-state index contributed by atoms with van der Waals surface area (Å²) in [6.07, 6.45) is 14.0. The summed E-state index contributed by atoms with van der Waals surface area (Å²) in [5.41, 5.74) is 0. The molecule has 0 N–H and O–H groups in total. The maximum Gasteiger partial charge on any atom is 0.0518 e. The van der Waals surface area contributed by atoms with Gasteiger partial charge >= 0.3 is 0 Å². The summed E-state index contributed by atoms with van der Waals surface area (Å²) in [4.78, 5) is 0. The van der Waals surface area contributed by atoms with Gasteiger partial charge in [0.25, 0.3) is 0 Å². The van der Waals surface area contributed by atoms with Gasteiger partial charge in [-0.25, -0.2) is 0 Å². The van der Waals surface area contributed by atoms with Gasteiger partial charge in [0.1, 0.15) is 0 Å². The van der Waals surface area contributed by atoms with Crippen molar-refractivity contribution in [1.29, 1.82) is 0 Å². The molecule has 1 unspecified atom stereocenters. The average Bonchev–Trinajstić information content (AvgIpc) is 2.26. The van der Waals surface area contributed by atoms with Crippen LogP contribution in [0.1, 0.15) is 71.1 Å². The zero-order chi connectivity index (χ0) is 12.2. The summed E-state index contributed by atoms with van der Waals surface area (Å²) in [5.74, 6) is 0. The highest BCUT2D eigenvalue weighted by atomic mass is 35.5. The first-order valence-corrected chi connectivity index (χ1v) is 10.7. The lowest BCUT2D eigenvalue weighted by Gasteiger charge is -2.11. The Hall–Kier alpha value is 0.507. The normalized spacial score (nSPS) is 13.3. The highest BCUT2D eigenvalue weighted by Gasteiger charge is 2.09.